The van der Waals surface area contributed by atoms with Crippen LogP contribution >= 0.6 is 10.7 Å². The van der Waals surface area contributed by atoms with E-state index < -0.39 is 9.05 Å². The fourth-order valence-corrected chi connectivity index (χ4v) is 3.85. The van der Waals surface area contributed by atoms with Crippen LogP contribution in [0, 0.1) is 0 Å². The van der Waals surface area contributed by atoms with E-state index in [1.54, 1.807) is 4.68 Å². The molecule has 2 heterocycles. The van der Waals surface area contributed by atoms with Crippen LogP contribution in [-0.4, -0.2) is 29.9 Å². The van der Waals surface area contributed by atoms with Crippen molar-refractivity contribution in [2.75, 3.05) is 0 Å². The lowest BCUT2D eigenvalue weighted by atomic mass is 9.98. The summed E-state index contributed by atoms with van der Waals surface area (Å²) in [7, 11) is 1.58. The second-order valence-corrected chi connectivity index (χ2v) is 8.07. The number of rotatable bonds is 3. The van der Waals surface area contributed by atoms with E-state index in [1.807, 2.05) is 0 Å². The maximum Gasteiger partial charge on any atom is 0.264 e. The van der Waals surface area contributed by atoms with Gasteiger partial charge in [-0.05, 0) is 25.7 Å². The largest absolute Gasteiger partial charge is 0.370 e. The standard InChI is InChI=1S/C12H17ClN2O3S/c13-19(16,17)11-7-14-15(9-11)8-10-3-6-12(18-10)4-1-2-5-12/h7,9-10H,1-6,8H2. The SMILES string of the molecule is O=S(=O)(Cl)c1cnn(CC2CCC3(CCCC3)O2)c1. The third kappa shape index (κ3) is 2.80. The van der Waals surface area contributed by atoms with E-state index in [-0.39, 0.29) is 16.6 Å². The Morgan fingerprint density at radius 2 is 2.16 bits per heavy atom. The summed E-state index contributed by atoms with van der Waals surface area (Å²) in [6, 6.07) is 0. The van der Waals surface area contributed by atoms with E-state index in [1.165, 1.54) is 25.2 Å². The summed E-state index contributed by atoms with van der Waals surface area (Å²) in [5, 5.41) is 4.03. The molecule has 1 aliphatic heterocycles. The molecule has 1 aliphatic carbocycles. The van der Waals surface area contributed by atoms with Crippen molar-refractivity contribution in [1.82, 2.24) is 9.78 Å². The minimum atomic E-state index is -3.69. The molecule has 19 heavy (non-hydrogen) atoms. The van der Waals surface area contributed by atoms with E-state index >= 15 is 0 Å². The van der Waals surface area contributed by atoms with Gasteiger partial charge in [0.2, 0.25) is 0 Å². The third-order valence-electron chi connectivity index (χ3n) is 4.14. The van der Waals surface area contributed by atoms with Gasteiger partial charge >= 0.3 is 0 Å². The third-order valence-corrected chi connectivity index (χ3v) is 5.44. The lowest BCUT2D eigenvalue weighted by molar-refractivity contribution is -0.0429. The minimum Gasteiger partial charge on any atom is -0.370 e. The molecule has 0 N–H and O–H groups in total. The molecule has 0 bridgehead atoms. The van der Waals surface area contributed by atoms with E-state index in [2.05, 4.69) is 5.10 Å². The van der Waals surface area contributed by atoms with Gasteiger partial charge in [-0.25, -0.2) is 8.42 Å². The van der Waals surface area contributed by atoms with Crippen LogP contribution in [0.4, 0.5) is 0 Å². The van der Waals surface area contributed by atoms with Crippen molar-refractivity contribution in [2.24, 2.45) is 0 Å². The zero-order valence-electron chi connectivity index (χ0n) is 10.6. The molecule has 0 radical (unpaired) electrons. The van der Waals surface area contributed by atoms with Crippen LogP contribution in [0.25, 0.3) is 0 Å². The molecule has 1 spiro atoms. The molecule has 1 atom stereocenters. The van der Waals surface area contributed by atoms with E-state index in [0.717, 1.165) is 25.7 Å². The van der Waals surface area contributed by atoms with Gasteiger partial charge in [0.1, 0.15) is 4.90 Å². The Kier molecular flexibility index (Phi) is 3.35. The Bertz CT molecular complexity index is 563. The minimum absolute atomic E-state index is 0.0442. The molecule has 2 aliphatic rings. The van der Waals surface area contributed by atoms with Crippen molar-refractivity contribution in [3.8, 4) is 0 Å². The van der Waals surface area contributed by atoms with Gasteiger partial charge in [-0.2, -0.15) is 5.10 Å². The molecular formula is C12H17ClN2O3S. The van der Waals surface area contributed by atoms with Crippen LogP contribution in [0.5, 0.6) is 0 Å². The first-order chi connectivity index (χ1) is 8.97. The highest BCUT2D eigenvalue weighted by atomic mass is 35.7. The van der Waals surface area contributed by atoms with Crippen molar-refractivity contribution >= 4 is 19.7 Å². The second kappa shape index (κ2) is 4.75. The normalized spacial score (nSPS) is 26.3. The highest BCUT2D eigenvalue weighted by Crippen LogP contribution is 2.43. The first-order valence-electron chi connectivity index (χ1n) is 6.62. The predicted molar refractivity (Wildman–Crippen MR) is 70.6 cm³/mol. The quantitative estimate of drug-likeness (QED) is 0.804. The topological polar surface area (TPSA) is 61.2 Å². The smallest absolute Gasteiger partial charge is 0.264 e. The van der Waals surface area contributed by atoms with Gasteiger partial charge in [-0.15, -0.1) is 0 Å². The number of hydrogen-bond acceptors (Lipinski definition) is 4. The number of aromatic nitrogens is 2. The predicted octanol–water partition coefficient (Wildman–Crippen LogP) is 2.30. The number of nitrogens with zero attached hydrogens (tertiary/aromatic N) is 2. The van der Waals surface area contributed by atoms with Gasteiger partial charge in [0.15, 0.2) is 0 Å². The molecule has 1 saturated carbocycles. The van der Waals surface area contributed by atoms with Crippen LogP contribution in [0.2, 0.25) is 0 Å². The van der Waals surface area contributed by atoms with E-state index in [9.17, 15) is 8.42 Å². The maximum atomic E-state index is 11.2. The zero-order chi connectivity index (χ0) is 13.5. The second-order valence-electron chi connectivity index (χ2n) is 5.50. The Labute approximate surface area is 117 Å². The Morgan fingerprint density at radius 1 is 1.42 bits per heavy atom. The van der Waals surface area contributed by atoms with Gasteiger partial charge in [0, 0.05) is 16.9 Å². The van der Waals surface area contributed by atoms with E-state index in [0.29, 0.717) is 6.54 Å². The van der Waals surface area contributed by atoms with Gasteiger partial charge < -0.3 is 4.74 Å². The number of halogens is 1. The van der Waals surface area contributed by atoms with Crippen molar-refractivity contribution < 1.29 is 13.2 Å². The van der Waals surface area contributed by atoms with Crippen LogP contribution in [0.3, 0.4) is 0 Å². The van der Waals surface area contributed by atoms with Crippen molar-refractivity contribution in [1.29, 1.82) is 0 Å². The first kappa shape index (κ1) is 13.4. The molecular weight excluding hydrogens is 288 g/mol. The summed E-state index contributed by atoms with van der Waals surface area (Å²) in [4.78, 5) is 0.0442. The average Bonchev–Trinajstić information content (AvgIpc) is 3.01. The Morgan fingerprint density at radius 3 is 2.79 bits per heavy atom. The summed E-state index contributed by atoms with van der Waals surface area (Å²) in [6.45, 7) is 0.591. The molecule has 106 valence electrons. The van der Waals surface area contributed by atoms with E-state index in [4.69, 9.17) is 15.4 Å². The van der Waals surface area contributed by atoms with Gasteiger partial charge in [-0.1, -0.05) is 12.8 Å². The lowest BCUT2D eigenvalue weighted by Crippen LogP contribution is -2.26. The fourth-order valence-electron chi connectivity index (χ4n) is 3.19. The molecule has 0 amide bonds. The fraction of sp³-hybridized carbons (Fsp3) is 0.750. The van der Waals surface area contributed by atoms with Crippen LogP contribution in [0.1, 0.15) is 38.5 Å². The zero-order valence-corrected chi connectivity index (χ0v) is 12.2. The Balaban J connectivity index is 1.65. The average molecular weight is 305 g/mol. The highest BCUT2D eigenvalue weighted by Gasteiger charge is 2.42. The number of ether oxygens (including phenoxy) is 1. The molecule has 1 aromatic rings. The summed E-state index contributed by atoms with van der Waals surface area (Å²) in [6.07, 6.45) is 9.82. The lowest BCUT2D eigenvalue weighted by Gasteiger charge is -2.23. The van der Waals surface area contributed by atoms with Crippen LogP contribution < -0.4 is 0 Å². The summed E-state index contributed by atoms with van der Waals surface area (Å²) >= 11 is 0. The molecule has 2 fully saturated rings. The van der Waals surface area contributed by atoms with Gasteiger partial charge in [-0.3, -0.25) is 4.68 Å². The molecule has 1 aromatic heterocycles. The summed E-state index contributed by atoms with van der Waals surface area (Å²) in [5.41, 5.74) is 0.0964. The Hall–Kier alpha value is -0.590. The highest BCUT2D eigenvalue weighted by molar-refractivity contribution is 8.13. The molecule has 0 aromatic carbocycles. The van der Waals surface area contributed by atoms with Gasteiger partial charge in [0.25, 0.3) is 9.05 Å². The van der Waals surface area contributed by atoms with Crippen molar-refractivity contribution in [3.63, 3.8) is 0 Å². The molecule has 1 unspecified atom stereocenters. The summed E-state index contributed by atoms with van der Waals surface area (Å²) in [5.74, 6) is 0. The molecule has 7 heteroatoms. The van der Waals surface area contributed by atoms with Crippen molar-refractivity contribution in [3.05, 3.63) is 12.4 Å². The summed E-state index contributed by atoms with van der Waals surface area (Å²) < 4.78 is 30.1. The maximum absolute atomic E-state index is 11.2. The molecule has 1 saturated heterocycles. The van der Waals surface area contributed by atoms with Crippen LogP contribution in [-0.2, 0) is 20.3 Å². The monoisotopic (exact) mass is 304 g/mol. The molecule has 5 nitrogen and oxygen atoms in total. The molecule has 3 rings (SSSR count). The van der Waals surface area contributed by atoms with Crippen LogP contribution in [0.15, 0.2) is 17.3 Å². The number of hydrogen-bond donors (Lipinski definition) is 0. The van der Waals surface area contributed by atoms with Crippen molar-refractivity contribution in [2.45, 2.75) is 61.7 Å². The van der Waals surface area contributed by atoms with Gasteiger partial charge in [0.05, 0.1) is 24.4 Å². The first-order valence-corrected chi connectivity index (χ1v) is 8.93.